The van der Waals surface area contributed by atoms with Crippen LogP contribution in [-0.4, -0.2) is 30.0 Å². The fraction of sp³-hybridized carbons (Fsp3) is 0.917. The molecule has 1 atom stereocenters. The molecule has 16 heavy (non-hydrogen) atoms. The van der Waals surface area contributed by atoms with E-state index in [1.54, 1.807) is 0 Å². The molecule has 1 aliphatic rings. The van der Waals surface area contributed by atoms with Crippen LogP contribution < -0.4 is 5.32 Å². The van der Waals surface area contributed by atoms with Gasteiger partial charge in [-0.2, -0.15) is 0 Å². The average Bonchev–Trinajstić information content (AvgIpc) is 2.79. The third-order valence-corrected chi connectivity index (χ3v) is 3.96. The van der Waals surface area contributed by atoms with E-state index >= 15 is 0 Å². The van der Waals surface area contributed by atoms with Gasteiger partial charge in [-0.3, -0.25) is 4.79 Å². The highest BCUT2D eigenvalue weighted by atomic mass is 35.5. The molecule has 1 amide bonds. The SMILES string of the molecule is CCC(CC)(CCl)NC(=O)CC1CCCO1. The first kappa shape index (κ1) is 13.8. The number of amides is 1. The first-order chi connectivity index (χ1) is 7.65. The molecule has 0 aliphatic carbocycles. The fourth-order valence-electron chi connectivity index (χ4n) is 2.01. The standard InChI is InChI=1S/C12H22ClNO2/c1-3-12(4-2,9-13)14-11(15)8-10-6-5-7-16-10/h10H,3-9H2,1-2H3,(H,14,15). The van der Waals surface area contributed by atoms with Crippen LogP contribution in [-0.2, 0) is 9.53 Å². The molecular weight excluding hydrogens is 226 g/mol. The Labute approximate surface area is 103 Å². The largest absolute Gasteiger partial charge is 0.378 e. The minimum Gasteiger partial charge on any atom is -0.378 e. The van der Waals surface area contributed by atoms with Crippen molar-refractivity contribution in [3.8, 4) is 0 Å². The third-order valence-electron chi connectivity index (χ3n) is 3.45. The van der Waals surface area contributed by atoms with Crippen LogP contribution in [0.5, 0.6) is 0 Å². The minimum atomic E-state index is -0.239. The fourth-order valence-corrected chi connectivity index (χ4v) is 2.45. The van der Waals surface area contributed by atoms with Crippen LogP contribution in [0.3, 0.4) is 0 Å². The topological polar surface area (TPSA) is 38.3 Å². The zero-order valence-corrected chi connectivity index (χ0v) is 11.0. The van der Waals surface area contributed by atoms with E-state index in [1.807, 2.05) is 0 Å². The van der Waals surface area contributed by atoms with Crippen LogP contribution >= 0.6 is 11.6 Å². The summed E-state index contributed by atoms with van der Waals surface area (Å²) in [5.74, 6) is 0.535. The van der Waals surface area contributed by atoms with Crippen LogP contribution in [0.1, 0.15) is 46.0 Å². The van der Waals surface area contributed by atoms with Crippen molar-refractivity contribution in [3.05, 3.63) is 0 Å². The second-order valence-electron chi connectivity index (χ2n) is 4.51. The third kappa shape index (κ3) is 3.63. The summed E-state index contributed by atoms with van der Waals surface area (Å²) in [7, 11) is 0. The predicted molar refractivity (Wildman–Crippen MR) is 65.8 cm³/mol. The molecule has 0 radical (unpaired) electrons. The number of carbonyl (C=O) groups excluding carboxylic acids is 1. The minimum absolute atomic E-state index is 0.0660. The number of alkyl halides is 1. The Morgan fingerprint density at radius 3 is 2.62 bits per heavy atom. The second kappa shape index (κ2) is 6.45. The Morgan fingerprint density at radius 2 is 2.19 bits per heavy atom. The van der Waals surface area contributed by atoms with Crippen molar-refractivity contribution in [3.63, 3.8) is 0 Å². The summed E-state index contributed by atoms with van der Waals surface area (Å²) in [5, 5.41) is 3.06. The normalized spacial score (nSPS) is 21.1. The van der Waals surface area contributed by atoms with E-state index in [9.17, 15) is 4.79 Å². The smallest absolute Gasteiger partial charge is 0.223 e. The summed E-state index contributed by atoms with van der Waals surface area (Å²) in [4.78, 5) is 11.8. The Kier molecular flexibility index (Phi) is 5.56. The quantitative estimate of drug-likeness (QED) is 0.733. The van der Waals surface area contributed by atoms with Crippen LogP contribution in [0.15, 0.2) is 0 Å². The number of nitrogens with one attached hydrogen (secondary N) is 1. The van der Waals surface area contributed by atoms with Gasteiger partial charge in [-0.1, -0.05) is 13.8 Å². The first-order valence-corrected chi connectivity index (χ1v) is 6.68. The number of rotatable bonds is 6. The number of carbonyl (C=O) groups is 1. The molecule has 94 valence electrons. The Balaban J connectivity index is 2.41. The molecule has 3 nitrogen and oxygen atoms in total. The van der Waals surface area contributed by atoms with E-state index in [-0.39, 0.29) is 17.6 Å². The summed E-state index contributed by atoms with van der Waals surface area (Å²) in [5.41, 5.74) is -0.239. The zero-order valence-electron chi connectivity index (χ0n) is 10.2. The zero-order chi connectivity index (χ0) is 12.0. The number of hydrogen-bond donors (Lipinski definition) is 1. The Morgan fingerprint density at radius 1 is 1.50 bits per heavy atom. The van der Waals surface area contributed by atoms with E-state index in [1.165, 1.54) is 0 Å². The predicted octanol–water partition coefficient (Wildman–Crippen LogP) is 2.47. The van der Waals surface area contributed by atoms with Crippen molar-refractivity contribution in [1.82, 2.24) is 5.32 Å². The lowest BCUT2D eigenvalue weighted by atomic mass is 9.95. The van der Waals surface area contributed by atoms with Crippen LogP contribution in [0, 0.1) is 0 Å². The molecule has 4 heteroatoms. The van der Waals surface area contributed by atoms with Crippen molar-refractivity contribution >= 4 is 17.5 Å². The van der Waals surface area contributed by atoms with Gasteiger partial charge in [0, 0.05) is 12.5 Å². The van der Waals surface area contributed by atoms with Gasteiger partial charge in [0.05, 0.1) is 18.1 Å². The van der Waals surface area contributed by atoms with E-state index in [4.69, 9.17) is 16.3 Å². The van der Waals surface area contributed by atoms with Gasteiger partial charge in [0.25, 0.3) is 0 Å². The highest BCUT2D eigenvalue weighted by Gasteiger charge is 2.28. The van der Waals surface area contributed by atoms with Crippen LogP contribution in [0.4, 0.5) is 0 Å². The van der Waals surface area contributed by atoms with E-state index < -0.39 is 0 Å². The van der Waals surface area contributed by atoms with Crippen molar-refractivity contribution in [2.75, 3.05) is 12.5 Å². The average molecular weight is 248 g/mol. The van der Waals surface area contributed by atoms with Gasteiger partial charge in [0.2, 0.25) is 5.91 Å². The van der Waals surface area contributed by atoms with Gasteiger partial charge in [-0.05, 0) is 25.7 Å². The summed E-state index contributed by atoms with van der Waals surface area (Å²) in [6, 6.07) is 0. The first-order valence-electron chi connectivity index (χ1n) is 6.14. The molecule has 0 bridgehead atoms. The van der Waals surface area contributed by atoms with E-state index in [0.717, 1.165) is 32.3 Å². The number of ether oxygens (including phenoxy) is 1. The molecule has 1 saturated heterocycles. The molecule has 1 aliphatic heterocycles. The molecule has 0 aromatic heterocycles. The van der Waals surface area contributed by atoms with Gasteiger partial charge in [0.15, 0.2) is 0 Å². The second-order valence-corrected chi connectivity index (χ2v) is 4.78. The molecule has 1 unspecified atom stereocenters. The lowest BCUT2D eigenvalue weighted by Crippen LogP contribution is -2.49. The van der Waals surface area contributed by atoms with E-state index in [0.29, 0.717) is 12.3 Å². The summed E-state index contributed by atoms with van der Waals surface area (Å²) >= 11 is 5.94. The van der Waals surface area contributed by atoms with Gasteiger partial charge in [0.1, 0.15) is 0 Å². The van der Waals surface area contributed by atoms with Gasteiger partial charge < -0.3 is 10.1 Å². The maximum Gasteiger partial charge on any atom is 0.223 e. The lowest BCUT2D eigenvalue weighted by Gasteiger charge is -2.31. The molecule has 0 aromatic carbocycles. The Bertz CT molecular complexity index is 215. The van der Waals surface area contributed by atoms with Gasteiger partial charge in [-0.25, -0.2) is 0 Å². The molecule has 0 saturated carbocycles. The molecular formula is C12H22ClNO2. The van der Waals surface area contributed by atoms with Crippen LogP contribution in [0.2, 0.25) is 0 Å². The van der Waals surface area contributed by atoms with Crippen molar-refractivity contribution in [2.24, 2.45) is 0 Å². The molecule has 0 spiro atoms. The Hall–Kier alpha value is -0.280. The molecule has 1 fully saturated rings. The van der Waals surface area contributed by atoms with Gasteiger partial charge >= 0.3 is 0 Å². The summed E-state index contributed by atoms with van der Waals surface area (Å²) < 4.78 is 5.45. The summed E-state index contributed by atoms with van der Waals surface area (Å²) in [6.07, 6.45) is 4.38. The van der Waals surface area contributed by atoms with Gasteiger partial charge in [-0.15, -0.1) is 11.6 Å². The highest BCUT2D eigenvalue weighted by molar-refractivity contribution is 6.18. The molecule has 0 aromatic rings. The molecule has 1 N–H and O–H groups in total. The molecule has 1 rings (SSSR count). The number of hydrogen-bond acceptors (Lipinski definition) is 2. The van der Waals surface area contributed by atoms with Crippen molar-refractivity contribution in [1.29, 1.82) is 0 Å². The lowest BCUT2D eigenvalue weighted by molar-refractivity contribution is -0.125. The molecule has 1 heterocycles. The highest BCUT2D eigenvalue weighted by Crippen LogP contribution is 2.19. The van der Waals surface area contributed by atoms with Crippen molar-refractivity contribution in [2.45, 2.75) is 57.6 Å². The maximum absolute atomic E-state index is 11.8. The summed E-state index contributed by atoms with van der Waals surface area (Å²) in [6.45, 7) is 4.90. The number of halogens is 1. The monoisotopic (exact) mass is 247 g/mol. The van der Waals surface area contributed by atoms with Crippen LogP contribution in [0.25, 0.3) is 0 Å². The maximum atomic E-state index is 11.8. The van der Waals surface area contributed by atoms with E-state index in [2.05, 4.69) is 19.2 Å². The van der Waals surface area contributed by atoms with Crippen molar-refractivity contribution < 1.29 is 9.53 Å².